The van der Waals surface area contributed by atoms with E-state index in [1.54, 1.807) is 6.08 Å². The summed E-state index contributed by atoms with van der Waals surface area (Å²) < 4.78 is 0. The van der Waals surface area contributed by atoms with E-state index in [1.165, 1.54) is 11.6 Å². The third-order valence-electron chi connectivity index (χ3n) is 2.42. The van der Waals surface area contributed by atoms with Crippen molar-refractivity contribution < 1.29 is 9.90 Å². The summed E-state index contributed by atoms with van der Waals surface area (Å²) >= 11 is 0. The smallest absolute Gasteiger partial charge is 0.328 e. The van der Waals surface area contributed by atoms with Gasteiger partial charge in [0.25, 0.3) is 0 Å². The highest BCUT2D eigenvalue weighted by Gasteiger charge is 2.12. The van der Waals surface area contributed by atoms with Crippen LogP contribution in [0.5, 0.6) is 0 Å². The zero-order valence-electron chi connectivity index (χ0n) is 10.5. The fourth-order valence-corrected chi connectivity index (χ4v) is 1.40. The van der Waals surface area contributed by atoms with Crippen molar-refractivity contribution in [1.29, 1.82) is 0 Å². The average Bonchev–Trinajstić information content (AvgIpc) is 2.23. The number of allylic oxidation sites excluding steroid dienone is 2. The largest absolute Gasteiger partial charge is 0.478 e. The van der Waals surface area contributed by atoms with Gasteiger partial charge in [-0.1, -0.05) is 63.3 Å². The molecule has 0 bridgehead atoms. The van der Waals surface area contributed by atoms with Crippen LogP contribution in [-0.4, -0.2) is 11.1 Å². The molecule has 0 aliphatic carbocycles. The second-order valence-electron chi connectivity index (χ2n) is 4.93. The number of benzene rings is 1. The van der Waals surface area contributed by atoms with Crippen LogP contribution in [0.1, 0.15) is 31.9 Å². The molecule has 0 aromatic heterocycles. The van der Waals surface area contributed by atoms with Crippen LogP contribution in [0.3, 0.4) is 0 Å². The summed E-state index contributed by atoms with van der Waals surface area (Å²) in [5, 5.41) is 8.42. The maximum atomic E-state index is 10.2. The molecule has 1 aromatic carbocycles. The lowest BCUT2D eigenvalue weighted by Crippen LogP contribution is -2.10. The maximum Gasteiger partial charge on any atom is 0.328 e. The lowest BCUT2D eigenvalue weighted by atomic mass is 9.87. The molecule has 0 unspecified atom stereocenters. The first-order chi connectivity index (χ1) is 7.89. The van der Waals surface area contributed by atoms with Crippen molar-refractivity contribution in [2.45, 2.75) is 26.2 Å². The molecule has 1 N–H and O–H groups in total. The quantitative estimate of drug-likeness (QED) is 0.636. The van der Waals surface area contributed by atoms with Crippen molar-refractivity contribution in [3.63, 3.8) is 0 Å². The summed E-state index contributed by atoms with van der Waals surface area (Å²) in [6, 6.07) is 8.26. The van der Waals surface area contributed by atoms with E-state index in [0.717, 1.165) is 11.6 Å². The summed E-state index contributed by atoms with van der Waals surface area (Å²) in [6.07, 6.45) is 6.23. The summed E-state index contributed by atoms with van der Waals surface area (Å²) in [4.78, 5) is 10.2. The van der Waals surface area contributed by atoms with Crippen molar-refractivity contribution >= 4 is 12.0 Å². The van der Waals surface area contributed by atoms with E-state index < -0.39 is 5.97 Å². The van der Waals surface area contributed by atoms with Gasteiger partial charge in [-0.25, -0.2) is 4.79 Å². The van der Waals surface area contributed by atoms with Gasteiger partial charge in [0.2, 0.25) is 0 Å². The lowest BCUT2D eigenvalue weighted by molar-refractivity contribution is -0.131. The van der Waals surface area contributed by atoms with Crippen molar-refractivity contribution in [3.8, 4) is 0 Å². The minimum atomic E-state index is -0.933. The van der Waals surface area contributed by atoms with Crippen LogP contribution in [0.15, 0.2) is 42.5 Å². The molecular formula is C15H18O2. The molecule has 2 nitrogen and oxygen atoms in total. The van der Waals surface area contributed by atoms with E-state index in [-0.39, 0.29) is 5.41 Å². The van der Waals surface area contributed by atoms with Crippen LogP contribution >= 0.6 is 0 Å². The van der Waals surface area contributed by atoms with Crippen molar-refractivity contribution in [2.75, 3.05) is 0 Å². The van der Waals surface area contributed by atoms with Crippen LogP contribution in [0, 0.1) is 0 Å². The number of hydrogen-bond acceptors (Lipinski definition) is 1. The number of aliphatic carboxylic acids is 1. The van der Waals surface area contributed by atoms with E-state index >= 15 is 0 Å². The molecule has 0 heterocycles. The average molecular weight is 230 g/mol. The SMILES string of the molecule is CC(C)(C)c1ccc(/C=C/C=C/C(=O)O)cc1. The molecule has 1 aromatic rings. The highest BCUT2D eigenvalue weighted by atomic mass is 16.4. The van der Waals surface area contributed by atoms with Gasteiger partial charge in [0.15, 0.2) is 0 Å². The third kappa shape index (κ3) is 4.68. The molecule has 2 heteroatoms. The number of hydrogen-bond donors (Lipinski definition) is 1. The van der Waals surface area contributed by atoms with Gasteiger partial charge in [-0.15, -0.1) is 0 Å². The van der Waals surface area contributed by atoms with Gasteiger partial charge in [-0.05, 0) is 16.5 Å². The molecule has 0 saturated heterocycles. The topological polar surface area (TPSA) is 37.3 Å². The first-order valence-electron chi connectivity index (χ1n) is 5.58. The van der Waals surface area contributed by atoms with E-state index in [1.807, 2.05) is 18.2 Å². The van der Waals surface area contributed by atoms with Crippen molar-refractivity contribution in [1.82, 2.24) is 0 Å². The van der Waals surface area contributed by atoms with Crippen LogP contribution in [0.25, 0.3) is 6.08 Å². The Kier molecular flexibility index (Phi) is 4.27. The lowest BCUT2D eigenvalue weighted by Gasteiger charge is -2.18. The van der Waals surface area contributed by atoms with Gasteiger partial charge >= 0.3 is 5.97 Å². The number of rotatable bonds is 3. The van der Waals surface area contributed by atoms with Crippen molar-refractivity contribution in [2.24, 2.45) is 0 Å². The second kappa shape index (κ2) is 5.48. The minimum absolute atomic E-state index is 0.158. The van der Waals surface area contributed by atoms with Gasteiger partial charge in [0.1, 0.15) is 0 Å². The van der Waals surface area contributed by atoms with Crippen LogP contribution in [-0.2, 0) is 10.2 Å². The molecule has 0 amide bonds. The zero-order valence-corrected chi connectivity index (χ0v) is 10.5. The Hall–Kier alpha value is -1.83. The molecule has 0 aliphatic heterocycles. The fraction of sp³-hybridized carbons (Fsp3) is 0.267. The molecule has 0 saturated carbocycles. The van der Waals surface area contributed by atoms with E-state index in [9.17, 15) is 4.79 Å². The molecule has 0 radical (unpaired) electrons. The predicted octanol–water partition coefficient (Wildman–Crippen LogP) is 3.64. The summed E-state index contributed by atoms with van der Waals surface area (Å²) in [7, 11) is 0. The van der Waals surface area contributed by atoms with E-state index in [2.05, 4.69) is 32.9 Å². The molecule has 0 spiro atoms. The number of carbonyl (C=O) groups is 1. The van der Waals surface area contributed by atoms with Gasteiger partial charge in [0.05, 0.1) is 0 Å². The summed E-state index contributed by atoms with van der Waals surface area (Å²) in [5.41, 5.74) is 2.51. The molecule has 17 heavy (non-hydrogen) atoms. The van der Waals surface area contributed by atoms with E-state index in [4.69, 9.17) is 5.11 Å². The Bertz CT molecular complexity index is 431. The van der Waals surface area contributed by atoms with Crippen LogP contribution in [0.4, 0.5) is 0 Å². The minimum Gasteiger partial charge on any atom is -0.478 e. The molecule has 0 fully saturated rings. The van der Waals surface area contributed by atoms with Crippen LogP contribution < -0.4 is 0 Å². The first-order valence-corrected chi connectivity index (χ1v) is 5.58. The zero-order chi connectivity index (χ0) is 12.9. The Morgan fingerprint density at radius 2 is 1.71 bits per heavy atom. The van der Waals surface area contributed by atoms with E-state index in [0.29, 0.717) is 0 Å². The third-order valence-corrected chi connectivity index (χ3v) is 2.42. The molecule has 0 aliphatic rings. The van der Waals surface area contributed by atoms with Gasteiger partial charge < -0.3 is 5.11 Å². The number of carboxylic acid groups (broad SMARTS) is 1. The summed E-state index contributed by atoms with van der Waals surface area (Å²) in [6.45, 7) is 6.52. The summed E-state index contributed by atoms with van der Waals surface area (Å²) in [5.74, 6) is -0.933. The normalized spacial score (nSPS) is 12.4. The van der Waals surface area contributed by atoms with Gasteiger partial charge in [-0.2, -0.15) is 0 Å². The van der Waals surface area contributed by atoms with Gasteiger partial charge in [0, 0.05) is 6.08 Å². The molecule has 0 atom stereocenters. The maximum absolute atomic E-state index is 10.2. The Morgan fingerprint density at radius 1 is 1.12 bits per heavy atom. The standard InChI is InChI=1S/C15H18O2/c1-15(2,3)13-10-8-12(9-11-13)6-4-5-7-14(16)17/h4-11H,1-3H3,(H,16,17)/b6-4+,7-5+. The molecule has 90 valence electrons. The van der Waals surface area contributed by atoms with Crippen molar-refractivity contribution in [3.05, 3.63) is 53.6 Å². The Labute approximate surface area is 102 Å². The highest BCUT2D eigenvalue weighted by molar-refractivity contribution is 5.80. The Balaban J connectivity index is 2.72. The molecule has 1 rings (SSSR count). The Morgan fingerprint density at radius 3 is 2.18 bits per heavy atom. The fourth-order valence-electron chi connectivity index (χ4n) is 1.40. The highest BCUT2D eigenvalue weighted by Crippen LogP contribution is 2.22. The van der Waals surface area contributed by atoms with Crippen LogP contribution in [0.2, 0.25) is 0 Å². The van der Waals surface area contributed by atoms with Gasteiger partial charge in [-0.3, -0.25) is 0 Å². The first kappa shape index (κ1) is 13.2. The number of carboxylic acids is 1. The molecular weight excluding hydrogens is 212 g/mol. The predicted molar refractivity (Wildman–Crippen MR) is 71.0 cm³/mol. The monoisotopic (exact) mass is 230 g/mol. The second-order valence-corrected chi connectivity index (χ2v) is 4.93.